The Balaban J connectivity index is 1.36. The second kappa shape index (κ2) is 11.3. The van der Waals surface area contributed by atoms with E-state index in [0.29, 0.717) is 36.3 Å². The molecule has 2 aromatic heterocycles. The summed E-state index contributed by atoms with van der Waals surface area (Å²) >= 11 is 0. The van der Waals surface area contributed by atoms with E-state index in [1.807, 2.05) is 78.9 Å². The summed E-state index contributed by atoms with van der Waals surface area (Å²) in [7, 11) is 0. The quantitative estimate of drug-likeness (QED) is 0.280. The molecule has 184 valence electrons. The van der Waals surface area contributed by atoms with Gasteiger partial charge in [0.25, 0.3) is 5.91 Å². The highest BCUT2D eigenvalue weighted by Gasteiger charge is 2.23. The van der Waals surface area contributed by atoms with Gasteiger partial charge in [-0.1, -0.05) is 66.7 Å². The Morgan fingerprint density at radius 2 is 1.51 bits per heavy atom. The summed E-state index contributed by atoms with van der Waals surface area (Å²) in [4.78, 5) is 38.7. The van der Waals surface area contributed by atoms with Gasteiger partial charge in [-0.25, -0.2) is 4.98 Å². The predicted molar refractivity (Wildman–Crippen MR) is 144 cm³/mol. The number of benzene rings is 3. The summed E-state index contributed by atoms with van der Waals surface area (Å²) in [5, 5.41) is 5.94. The summed E-state index contributed by atoms with van der Waals surface area (Å²) in [5.41, 5.74) is 4.68. The number of nitrogens with zero attached hydrogens (tertiary/aromatic N) is 2. The van der Waals surface area contributed by atoms with E-state index >= 15 is 0 Å². The molecule has 0 saturated carbocycles. The molecule has 0 aliphatic heterocycles. The van der Waals surface area contributed by atoms with Crippen molar-refractivity contribution in [2.75, 3.05) is 0 Å². The second-order valence-electron chi connectivity index (χ2n) is 8.78. The topological polar surface area (TPSA) is 99.8 Å². The lowest BCUT2D eigenvalue weighted by molar-refractivity contribution is -0.123. The Morgan fingerprint density at radius 3 is 2.24 bits per heavy atom. The van der Waals surface area contributed by atoms with E-state index in [-0.39, 0.29) is 11.8 Å². The van der Waals surface area contributed by atoms with E-state index in [2.05, 4.69) is 25.6 Å². The summed E-state index contributed by atoms with van der Waals surface area (Å²) in [6.45, 7) is 0.390. The van der Waals surface area contributed by atoms with Crippen LogP contribution >= 0.6 is 0 Å². The molecule has 5 rings (SSSR count). The van der Waals surface area contributed by atoms with Gasteiger partial charge in [-0.2, -0.15) is 0 Å². The first kappa shape index (κ1) is 23.9. The van der Waals surface area contributed by atoms with Gasteiger partial charge in [-0.3, -0.25) is 14.6 Å². The molecule has 0 unspecified atom stereocenters. The maximum Gasteiger partial charge on any atom is 0.254 e. The van der Waals surface area contributed by atoms with Crippen molar-refractivity contribution in [2.45, 2.75) is 25.4 Å². The van der Waals surface area contributed by atoms with Gasteiger partial charge in [0.2, 0.25) is 5.91 Å². The average molecular weight is 490 g/mol. The third-order valence-corrected chi connectivity index (χ3v) is 6.21. The fourth-order valence-corrected chi connectivity index (χ4v) is 4.23. The minimum Gasteiger partial charge on any atom is -0.350 e. The number of aryl methyl sites for hydroxylation is 1. The van der Waals surface area contributed by atoms with Gasteiger partial charge in [-0.15, -0.1) is 0 Å². The number of imidazole rings is 1. The number of fused-ring (bicyclic) bond motifs is 1. The van der Waals surface area contributed by atoms with E-state index in [1.165, 1.54) is 0 Å². The molecule has 1 atom stereocenters. The minimum atomic E-state index is -0.703. The van der Waals surface area contributed by atoms with E-state index < -0.39 is 6.04 Å². The van der Waals surface area contributed by atoms with Gasteiger partial charge >= 0.3 is 0 Å². The van der Waals surface area contributed by atoms with Gasteiger partial charge < -0.3 is 15.6 Å². The van der Waals surface area contributed by atoms with Crippen molar-refractivity contribution in [3.8, 4) is 11.4 Å². The highest BCUT2D eigenvalue weighted by atomic mass is 16.2. The number of para-hydroxylation sites is 1. The zero-order valence-corrected chi connectivity index (χ0v) is 20.2. The number of hydrogen-bond donors (Lipinski definition) is 3. The van der Waals surface area contributed by atoms with Crippen LogP contribution in [-0.2, 0) is 17.8 Å². The number of carbonyl (C=O) groups excluding carboxylic acids is 2. The molecule has 2 heterocycles. The third kappa shape index (κ3) is 5.90. The van der Waals surface area contributed by atoms with Crippen LogP contribution in [0.25, 0.3) is 22.4 Å². The standard InChI is InChI=1S/C30H27N5O2/c36-29(24-12-7-13-25-27(24)35-28(33-25)23-16-18-31-19-17-23)34-26(15-14-21-8-3-1-4-9-21)30(37)32-20-22-10-5-2-6-11-22/h1-13,16-19,26H,14-15,20H2,(H,32,37)(H,33,35)(H,34,36)/t26-/m0/s1. The lowest BCUT2D eigenvalue weighted by atomic mass is 10.0. The Bertz CT molecular complexity index is 1480. The van der Waals surface area contributed by atoms with Crippen LogP contribution in [0.15, 0.2) is 103 Å². The first-order chi connectivity index (χ1) is 18.2. The molecule has 2 amide bonds. The number of amides is 2. The zero-order chi connectivity index (χ0) is 25.5. The molecule has 0 bridgehead atoms. The predicted octanol–water partition coefficient (Wildman–Crippen LogP) is 4.67. The van der Waals surface area contributed by atoms with Crippen molar-refractivity contribution in [3.05, 3.63) is 120 Å². The fourth-order valence-electron chi connectivity index (χ4n) is 4.23. The molecule has 0 aliphatic carbocycles. The maximum atomic E-state index is 13.4. The van der Waals surface area contributed by atoms with Crippen LogP contribution < -0.4 is 10.6 Å². The number of nitrogens with one attached hydrogen (secondary N) is 3. The van der Waals surface area contributed by atoms with Crippen molar-refractivity contribution in [1.29, 1.82) is 0 Å². The first-order valence-corrected chi connectivity index (χ1v) is 12.2. The van der Waals surface area contributed by atoms with Crippen molar-refractivity contribution in [1.82, 2.24) is 25.6 Å². The van der Waals surface area contributed by atoms with Crippen LogP contribution in [0.5, 0.6) is 0 Å². The van der Waals surface area contributed by atoms with Crippen LogP contribution in [0.3, 0.4) is 0 Å². The summed E-state index contributed by atoms with van der Waals surface area (Å²) in [5.74, 6) is 0.0880. The van der Waals surface area contributed by atoms with Crippen LogP contribution in [0, 0.1) is 0 Å². The molecule has 0 fully saturated rings. The monoisotopic (exact) mass is 489 g/mol. The Morgan fingerprint density at radius 1 is 0.811 bits per heavy atom. The molecule has 7 nitrogen and oxygen atoms in total. The number of aromatic nitrogens is 3. The Labute approximate surface area is 215 Å². The number of hydrogen-bond acceptors (Lipinski definition) is 4. The average Bonchev–Trinajstić information content (AvgIpc) is 3.40. The highest BCUT2D eigenvalue weighted by molar-refractivity contribution is 6.06. The van der Waals surface area contributed by atoms with E-state index in [4.69, 9.17) is 0 Å². The third-order valence-electron chi connectivity index (χ3n) is 6.21. The molecule has 5 aromatic rings. The molecule has 3 aromatic carbocycles. The molecule has 0 saturated heterocycles. The van der Waals surface area contributed by atoms with Gasteiger partial charge in [0.15, 0.2) is 0 Å². The van der Waals surface area contributed by atoms with Gasteiger partial charge in [0.1, 0.15) is 17.4 Å². The first-order valence-electron chi connectivity index (χ1n) is 12.2. The van der Waals surface area contributed by atoms with Crippen molar-refractivity contribution in [2.24, 2.45) is 0 Å². The molecule has 0 aliphatic rings. The van der Waals surface area contributed by atoms with Crippen molar-refractivity contribution >= 4 is 22.8 Å². The van der Waals surface area contributed by atoms with Gasteiger partial charge in [-0.05, 0) is 48.2 Å². The van der Waals surface area contributed by atoms with Crippen LogP contribution in [0.1, 0.15) is 27.9 Å². The highest BCUT2D eigenvalue weighted by Crippen LogP contribution is 2.22. The van der Waals surface area contributed by atoms with E-state index in [0.717, 1.165) is 22.2 Å². The molecular formula is C30H27N5O2. The van der Waals surface area contributed by atoms with Gasteiger partial charge in [0.05, 0.1) is 11.1 Å². The molecule has 0 spiro atoms. The number of aromatic amines is 1. The van der Waals surface area contributed by atoms with Crippen LogP contribution in [0.4, 0.5) is 0 Å². The Kier molecular flexibility index (Phi) is 7.31. The lowest BCUT2D eigenvalue weighted by Crippen LogP contribution is -2.46. The van der Waals surface area contributed by atoms with Crippen LogP contribution in [-0.4, -0.2) is 32.8 Å². The Hall–Kier alpha value is -4.78. The fraction of sp³-hybridized carbons (Fsp3) is 0.133. The molecule has 3 N–H and O–H groups in total. The number of rotatable bonds is 9. The molecule has 37 heavy (non-hydrogen) atoms. The minimum absolute atomic E-state index is 0.222. The number of pyridine rings is 1. The van der Waals surface area contributed by atoms with Gasteiger partial charge in [0, 0.05) is 24.5 Å². The van der Waals surface area contributed by atoms with E-state index in [1.54, 1.807) is 24.5 Å². The largest absolute Gasteiger partial charge is 0.350 e. The SMILES string of the molecule is O=C(N[C@@H](CCc1ccccc1)C(=O)NCc1ccccc1)c1cccc2[nH]c(-c3ccncc3)nc12. The smallest absolute Gasteiger partial charge is 0.254 e. The molecule has 7 heteroatoms. The van der Waals surface area contributed by atoms with Crippen LogP contribution in [0.2, 0.25) is 0 Å². The lowest BCUT2D eigenvalue weighted by Gasteiger charge is -2.19. The zero-order valence-electron chi connectivity index (χ0n) is 20.2. The molecule has 0 radical (unpaired) electrons. The van der Waals surface area contributed by atoms with Crippen molar-refractivity contribution in [3.63, 3.8) is 0 Å². The second-order valence-corrected chi connectivity index (χ2v) is 8.78. The normalized spacial score (nSPS) is 11.7. The number of carbonyl (C=O) groups is 2. The number of H-pyrrole nitrogens is 1. The maximum absolute atomic E-state index is 13.4. The summed E-state index contributed by atoms with van der Waals surface area (Å²) in [6.07, 6.45) is 4.52. The summed E-state index contributed by atoms with van der Waals surface area (Å²) < 4.78 is 0. The van der Waals surface area contributed by atoms with E-state index in [9.17, 15) is 9.59 Å². The molecular weight excluding hydrogens is 462 g/mol. The summed E-state index contributed by atoms with van der Waals surface area (Å²) in [6, 6.07) is 28.1. The van der Waals surface area contributed by atoms with Crippen molar-refractivity contribution < 1.29 is 9.59 Å².